The molecule has 0 radical (unpaired) electrons. The van der Waals surface area contributed by atoms with E-state index in [1.54, 1.807) is 0 Å². The van der Waals surface area contributed by atoms with Gasteiger partial charge in [0.15, 0.2) is 0 Å². The Morgan fingerprint density at radius 3 is 1.75 bits per heavy atom. The fourth-order valence-electron chi connectivity index (χ4n) is 1.56. The monoisotopic (exact) mass is 228 g/mol. The lowest BCUT2D eigenvalue weighted by molar-refractivity contribution is -0.147. The van der Waals surface area contributed by atoms with Crippen LogP contribution >= 0.6 is 0 Å². The van der Waals surface area contributed by atoms with E-state index in [4.69, 9.17) is 0 Å². The van der Waals surface area contributed by atoms with Crippen molar-refractivity contribution in [2.45, 2.75) is 48.0 Å². The Morgan fingerprint density at radius 2 is 1.50 bits per heavy atom. The molecule has 0 fully saturated rings. The second-order valence-corrected chi connectivity index (χ2v) is 6.31. The lowest BCUT2D eigenvalue weighted by atomic mass is 9.70. The van der Waals surface area contributed by atoms with Gasteiger partial charge in [0.1, 0.15) is 5.78 Å². The van der Waals surface area contributed by atoms with Gasteiger partial charge in [-0.3, -0.25) is 9.59 Å². The molecule has 0 aromatic rings. The highest BCUT2D eigenvalue weighted by Gasteiger charge is 2.38. The van der Waals surface area contributed by atoms with Gasteiger partial charge < -0.3 is 4.74 Å². The van der Waals surface area contributed by atoms with Crippen LogP contribution in [0.15, 0.2) is 0 Å². The molecule has 0 amide bonds. The summed E-state index contributed by atoms with van der Waals surface area (Å²) in [5, 5.41) is 0. The molecule has 3 heteroatoms. The van der Waals surface area contributed by atoms with Crippen molar-refractivity contribution in [1.82, 2.24) is 0 Å². The van der Waals surface area contributed by atoms with Gasteiger partial charge in [-0.25, -0.2) is 0 Å². The van der Waals surface area contributed by atoms with E-state index in [1.165, 1.54) is 7.11 Å². The van der Waals surface area contributed by atoms with Crippen LogP contribution in [0.1, 0.15) is 48.0 Å². The molecule has 0 aromatic carbocycles. The SMILES string of the molecule is COC(=O)C[C@H](C(=O)C(C)(C)C)C(C)(C)C. The number of carbonyl (C=O) groups excluding carboxylic acids is 2. The van der Waals surface area contributed by atoms with Crippen LogP contribution in [0.4, 0.5) is 0 Å². The summed E-state index contributed by atoms with van der Waals surface area (Å²) in [5.41, 5.74) is -0.648. The molecule has 0 rings (SSSR count). The van der Waals surface area contributed by atoms with E-state index in [9.17, 15) is 9.59 Å². The van der Waals surface area contributed by atoms with Crippen LogP contribution in [0.25, 0.3) is 0 Å². The molecule has 3 nitrogen and oxygen atoms in total. The average Bonchev–Trinajstić information content (AvgIpc) is 2.09. The molecule has 0 saturated heterocycles. The molecule has 0 heterocycles. The van der Waals surface area contributed by atoms with Gasteiger partial charge >= 0.3 is 5.97 Å². The normalized spacial score (nSPS) is 14.4. The second kappa shape index (κ2) is 4.98. The number of ketones is 1. The Kier molecular flexibility index (Phi) is 4.71. The summed E-state index contributed by atoms with van der Waals surface area (Å²) < 4.78 is 4.65. The Morgan fingerprint density at radius 1 is 1.06 bits per heavy atom. The van der Waals surface area contributed by atoms with E-state index < -0.39 is 5.41 Å². The van der Waals surface area contributed by atoms with Gasteiger partial charge in [0.05, 0.1) is 13.5 Å². The summed E-state index contributed by atoms with van der Waals surface area (Å²) in [7, 11) is 1.35. The number of carbonyl (C=O) groups is 2. The van der Waals surface area contributed by atoms with Gasteiger partial charge in [-0.15, -0.1) is 0 Å². The standard InChI is InChI=1S/C13H24O3/c1-12(2,3)9(8-10(14)16-7)11(15)13(4,5)6/h9H,8H2,1-7H3/t9-/m1/s1. The molecule has 0 aliphatic rings. The average molecular weight is 228 g/mol. The zero-order chi connectivity index (χ0) is 13.1. The first-order chi connectivity index (χ1) is 7.00. The smallest absolute Gasteiger partial charge is 0.306 e. The summed E-state index contributed by atoms with van der Waals surface area (Å²) >= 11 is 0. The third-order valence-corrected chi connectivity index (χ3v) is 2.70. The summed E-state index contributed by atoms with van der Waals surface area (Å²) in [6.07, 6.45) is 0.163. The number of rotatable bonds is 3. The maximum atomic E-state index is 12.3. The van der Waals surface area contributed by atoms with Gasteiger partial charge in [-0.05, 0) is 5.41 Å². The minimum atomic E-state index is -0.425. The van der Waals surface area contributed by atoms with E-state index in [0.29, 0.717) is 0 Å². The molecular weight excluding hydrogens is 204 g/mol. The molecule has 0 bridgehead atoms. The Balaban J connectivity index is 4.98. The van der Waals surface area contributed by atoms with Gasteiger partial charge in [0.25, 0.3) is 0 Å². The van der Waals surface area contributed by atoms with Crippen LogP contribution in [-0.4, -0.2) is 18.9 Å². The van der Waals surface area contributed by atoms with Gasteiger partial charge in [-0.1, -0.05) is 41.5 Å². The molecule has 16 heavy (non-hydrogen) atoms. The maximum absolute atomic E-state index is 12.3. The van der Waals surface area contributed by atoms with Crippen LogP contribution in [0.5, 0.6) is 0 Å². The van der Waals surface area contributed by atoms with Crippen molar-refractivity contribution in [3.05, 3.63) is 0 Å². The highest BCUT2D eigenvalue weighted by atomic mass is 16.5. The zero-order valence-corrected chi connectivity index (χ0v) is 11.5. The molecule has 0 aliphatic heterocycles. The predicted octanol–water partition coefficient (Wildman–Crippen LogP) is 2.83. The van der Waals surface area contributed by atoms with E-state index in [-0.39, 0.29) is 29.5 Å². The van der Waals surface area contributed by atoms with Crippen molar-refractivity contribution in [3.8, 4) is 0 Å². The van der Waals surface area contributed by atoms with Crippen LogP contribution in [0, 0.1) is 16.7 Å². The van der Waals surface area contributed by atoms with Crippen LogP contribution in [-0.2, 0) is 14.3 Å². The van der Waals surface area contributed by atoms with Crippen molar-refractivity contribution < 1.29 is 14.3 Å². The predicted molar refractivity (Wildman–Crippen MR) is 64.0 cm³/mol. The highest BCUT2D eigenvalue weighted by molar-refractivity contribution is 5.89. The van der Waals surface area contributed by atoms with Crippen LogP contribution in [0.3, 0.4) is 0 Å². The van der Waals surface area contributed by atoms with Crippen molar-refractivity contribution in [1.29, 1.82) is 0 Å². The van der Waals surface area contributed by atoms with E-state index in [0.717, 1.165) is 0 Å². The number of Topliss-reactive ketones (excluding diaryl/α,β-unsaturated/α-hetero) is 1. The maximum Gasteiger partial charge on any atom is 0.306 e. The van der Waals surface area contributed by atoms with Gasteiger partial charge in [0.2, 0.25) is 0 Å². The van der Waals surface area contributed by atoms with Gasteiger partial charge in [-0.2, -0.15) is 0 Å². The minimum Gasteiger partial charge on any atom is -0.469 e. The molecule has 0 aliphatic carbocycles. The van der Waals surface area contributed by atoms with Crippen LogP contribution < -0.4 is 0 Å². The van der Waals surface area contributed by atoms with E-state index in [2.05, 4.69) is 4.74 Å². The molecule has 94 valence electrons. The number of hydrogen-bond acceptors (Lipinski definition) is 3. The van der Waals surface area contributed by atoms with Crippen molar-refractivity contribution in [2.75, 3.05) is 7.11 Å². The molecular formula is C13H24O3. The minimum absolute atomic E-state index is 0.116. The quantitative estimate of drug-likeness (QED) is 0.698. The van der Waals surface area contributed by atoms with Crippen molar-refractivity contribution in [3.63, 3.8) is 0 Å². The van der Waals surface area contributed by atoms with Crippen molar-refractivity contribution in [2.24, 2.45) is 16.7 Å². The second-order valence-electron chi connectivity index (χ2n) is 6.31. The fraction of sp³-hybridized carbons (Fsp3) is 0.846. The number of hydrogen-bond donors (Lipinski definition) is 0. The Labute approximate surface area is 98.6 Å². The summed E-state index contributed by atoms with van der Waals surface area (Å²) in [6, 6.07) is 0. The number of esters is 1. The Bertz CT molecular complexity index is 266. The van der Waals surface area contributed by atoms with Crippen molar-refractivity contribution >= 4 is 11.8 Å². The Hall–Kier alpha value is -0.860. The lowest BCUT2D eigenvalue weighted by Gasteiger charge is -2.33. The lowest BCUT2D eigenvalue weighted by Crippen LogP contribution is -2.38. The third kappa shape index (κ3) is 4.33. The summed E-state index contributed by atoms with van der Waals surface area (Å²) in [4.78, 5) is 23.6. The van der Waals surface area contributed by atoms with E-state index in [1.807, 2.05) is 41.5 Å². The first kappa shape index (κ1) is 15.1. The van der Waals surface area contributed by atoms with E-state index >= 15 is 0 Å². The first-order valence-corrected chi connectivity index (χ1v) is 5.61. The molecule has 0 N–H and O–H groups in total. The molecule has 0 spiro atoms. The number of ether oxygens (including phenoxy) is 1. The molecule has 0 saturated carbocycles. The van der Waals surface area contributed by atoms with Gasteiger partial charge in [0, 0.05) is 11.3 Å². The number of methoxy groups -OCH3 is 1. The largest absolute Gasteiger partial charge is 0.469 e. The summed E-state index contributed by atoms with van der Waals surface area (Å²) in [5.74, 6) is -0.497. The third-order valence-electron chi connectivity index (χ3n) is 2.70. The fourth-order valence-corrected chi connectivity index (χ4v) is 1.56. The molecule has 0 aromatic heterocycles. The zero-order valence-electron chi connectivity index (χ0n) is 11.5. The molecule has 1 atom stereocenters. The first-order valence-electron chi connectivity index (χ1n) is 5.61. The topological polar surface area (TPSA) is 43.4 Å². The highest BCUT2D eigenvalue weighted by Crippen LogP contribution is 2.35. The van der Waals surface area contributed by atoms with Crippen LogP contribution in [0.2, 0.25) is 0 Å². The molecule has 0 unspecified atom stereocenters. The summed E-state index contributed by atoms with van der Waals surface area (Å²) in [6.45, 7) is 11.6.